The summed E-state index contributed by atoms with van der Waals surface area (Å²) in [5.41, 5.74) is 4.64. The Labute approximate surface area is 201 Å². The molecule has 9 nitrogen and oxygen atoms in total. The number of ether oxygens (including phenoxy) is 1. The number of hydrogen-bond acceptors (Lipinski definition) is 6. The number of amides is 1. The van der Waals surface area contributed by atoms with Gasteiger partial charge in [0, 0.05) is 17.9 Å². The Bertz CT molecular complexity index is 1540. The molecule has 1 aliphatic rings. The summed E-state index contributed by atoms with van der Waals surface area (Å²) < 4.78 is 9.28. The van der Waals surface area contributed by atoms with Crippen molar-refractivity contribution in [1.82, 2.24) is 29.6 Å². The minimum atomic E-state index is -0.115. The number of anilines is 1. The zero-order valence-electron chi connectivity index (χ0n) is 19.3. The van der Waals surface area contributed by atoms with Crippen molar-refractivity contribution in [3.63, 3.8) is 0 Å². The third-order valence-electron chi connectivity index (χ3n) is 6.25. The van der Waals surface area contributed by atoms with E-state index in [2.05, 4.69) is 20.6 Å². The van der Waals surface area contributed by atoms with Crippen molar-refractivity contribution in [1.29, 1.82) is 0 Å². The summed E-state index contributed by atoms with van der Waals surface area (Å²) >= 11 is 0. The van der Waals surface area contributed by atoms with E-state index >= 15 is 0 Å². The maximum atomic E-state index is 12.7. The molecular weight excluding hydrogens is 442 g/mol. The summed E-state index contributed by atoms with van der Waals surface area (Å²) in [4.78, 5) is 12.7. The van der Waals surface area contributed by atoms with Gasteiger partial charge in [0.15, 0.2) is 17.3 Å². The molecular formula is C26H23N7O2. The molecule has 0 saturated carbocycles. The Morgan fingerprint density at radius 3 is 2.57 bits per heavy atom. The molecule has 1 amide bonds. The van der Waals surface area contributed by atoms with Crippen molar-refractivity contribution < 1.29 is 9.53 Å². The molecule has 0 unspecified atom stereocenters. The molecule has 35 heavy (non-hydrogen) atoms. The number of carbonyl (C=O) groups excluding carboxylic acids is 1. The first-order valence-electron chi connectivity index (χ1n) is 11.4. The highest BCUT2D eigenvalue weighted by molar-refractivity contribution is 5.95. The summed E-state index contributed by atoms with van der Waals surface area (Å²) in [6.07, 6.45) is 0.348. The molecule has 1 N–H and O–H groups in total. The number of nitrogens with one attached hydrogen (secondary N) is 1. The molecule has 0 spiro atoms. The van der Waals surface area contributed by atoms with E-state index in [1.165, 1.54) is 0 Å². The van der Waals surface area contributed by atoms with Gasteiger partial charge in [-0.2, -0.15) is 14.3 Å². The van der Waals surface area contributed by atoms with Crippen LogP contribution in [-0.4, -0.2) is 35.5 Å². The number of fused-ring (bicyclic) bond motifs is 2. The van der Waals surface area contributed by atoms with E-state index in [1.807, 2.05) is 80.6 Å². The third-order valence-corrected chi connectivity index (χ3v) is 6.25. The fourth-order valence-electron chi connectivity index (χ4n) is 4.53. The fourth-order valence-corrected chi connectivity index (χ4v) is 4.53. The van der Waals surface area contributed by atoms with Crippen molar-refractivity contribution in [3.8, 4) is 11.6 Å². The Balaban J connectivity index is 1.32. The molecule has 0 fully saturated rings. The summed E-state index contributed by atoms with van der Waals surface area (Å²) in [6, 6.07) is 21.7. The van der Waals surface area contributed by atoms with Crippen LogP contribution in [0.2, 0.25) is 0 Å². The van der Waals surface area contributed by atoms with Crippen LogP contribution in [0.5, 0.6) is 5.75 Å². The lowest BCUT2D eigenvalue weighted by atomic mass is 9.86. The van der Waals surface area contributed by atoms with Gasteiger partial charge < -0.3 is 10.1 Å². The van der Waals surface area contributed by atoms with Gasteiger partial charge in [-0.15, -0.1) is 15.3 Å². The second-order valence-electron chi connectivity index (χ2n) is 8.62. The molecule has 4 heterocycles. The monoisotopic (exact) mass is 465 g/mol. The van der Waals surface area contributed by atoms with Gasteiger partial charge in [-0.1, -0.05) is 42.5 Å². The highest BCUT2D eigenvalue weighted by Crippen LogP contribution is 2.40. The molecule has 0 radical (unpaired) electrons. The molecule has 9 heteroatoms. The number of nitrogens with zero attached hydrogens (tertiary/aromatic N) is 6. The lowest BCUT2D eigenvalue weighted by Crippen LogP contribution is -2.25. The number of carbonyl (C=O) groups is 1. The zero-order chi connectivity index (χ0) is 23.9. The molecule has 0 aliphatic carbocycles. The first kappa shape index (κ1) is 21.0. The molecule has 5 aromatic rings. The smallest absolute Gasteiger partial charge is 0.226 e. The van der Waals surface area contributed by atoms with Gasteiger partial charge in [0.1, 0.15) is 18.2 Å². The summed E-state index contributed by atoms with van der Waals surface area (Å²) in [6.45, 7) is 4.30. The van der Waals surface area contributed by atoms with E-state index in [0.29, 0.717) is 36.1 Å². The number of aryl methyl sites for hydroxylation is 2. The molecule has 174 valence electrons. The van der Waals surface area contributed by atoms with Crippen LogP contribution in [0.3, 0.4) is 0 Å². The Morgan fingerprint density at radius 2 is 1.77 bits per heavy atom. The van der Waals surface area contributed by atoms with E-state index < -0.39 is 0 Å². The van der Waals surface area contributed by atoms with E-state index in [9.17, 15) is 4.79 Å². The van der Waals surface area contributed by atoms with Gasteiger partial charge in [0.2, 0.25) is 5.91 Å². The van der Waals surface area contributed by atoms with Crippen LogP contribution in [0.15, 0.2) is 66.7 Å². The highest BCUT2D eigenvalue weighted by Gasteiger charge is 2.33. The Kier molecular flexibility index (Phi) is 5.02. The molecule has 0 saturated heterocycles. The van der Waals surface area contributed by atoms with E-state index in [1.54, 1.807) is 9.20 Å². The molecule has 2 aromatic carbocycles. The van der Waals surface area contributed by atoms with Crippen LogP contribution in [0.25, 0.3) is 11.5 Å². The predicted molar refractivity (Wildman–Crippen MR) is 130 cm³/mol. The second-order valence-corrected chi connectivity index (χ2v) is 8.62. The lowest BCUT2D eigenvalue weighted by Gasteiger charge is -2.24. The number of hydrogen-bond donors (Lipinski definition) is 1. The van der Waals surface area contributed by atoms with Crippen molar-refractivity contribution >= 4 is 17.4 Å². The SMILES string of the molecule is Cc1nn(-c2ccc3nnc(C)n3n2)c2c1[C@H](c1ccc(OCc3ccccc3)cc1)CC(=O)N2. The normalized spacial score (nSPS) is 15.1. The number of rotatable bonds is 5. The third kappa shape index (κ3) is 3.80. The van der Waals surface area contributed by atoms with Crippen LogP contribution in [0.1, 0.15) is 40.5 Å². The molecule has 3 aromatic heterocycles. The predicted octanol–water partition coefficient (Wildman–Crippen LogP) is 3.98. The summed E-state index contributed by atoms with van der Waals surface area (Å²) in [7, 11) is 0. The minimum absolute atomic E-state index is 0.0605. The molecule has 1 atom stereocenters. The average molecular weight is 466 g/mol. The van der Waals surface area contributed by atoms with Gasteiger partial charge in [0.25, 0.3) is 0 Å². The van der Waals surface area contributed by atoms with Crippen LogP contribution in [0.4, 0.5) is 5.82 Å². The first-order valence-corrected chi connectivity index (χ1v) is 11.4. The van der Waals surface area contributed by atoms with E-state index in [-0.39, 0.29) is 11.8 Å². The number of benzene rings is 2. The Hall–Kier alpha value is -4.53. The van der Waals surface area contributed by atoms with Gasteiger partial charge >= 0.3 is 0 Å². The van der Waals surface area contributed by atoms with Gasteiger partial charge in [-0.25, -0.2) is 0 Å². The number of aromatic nitrogens is 6. The van der Waals surface area contributed by atoms with Gasteiger partial charge in [-0.3, -0.25) is 4.79 Å². The standard InChI is InChI=1S/C26H23N7O2/c1-16-25-21(19-8-10-20(11-9-19)35-15-18-6-4-3-5-7-18)14-24(34)27-26(25)33(30-16)23-13-12-22-29-28-17(2)32(22)31-23/h3-13,21H,14-15H2,1-2H3,(H,27,34)/t21-/m0/s1. The van der Waals surface area contributed by atoms with Crippen molar-refractivity contribution in [2.45, 2.75) is 32.8 Å². The zero-order valence-corrected chi connectivity index (χ0v) is 19.3. The highest BCUT2D eigenvalue weighted by atomic mass is 16.5. The molecule has 1 aliphatic heterocycles. The largest absolute Gasteiger partial charge is 0.489 e. The first-order chi connectivity index (χ1) is 17.1. The maximum Gasteiger partial charge on any atom is 0.226 e. The Morgan fingerprint density at radius 1 is 0.971 bits per heavy atom. The van der Waals surface area contributed by atoms with Crippen molar-refractivity contribution in [2.75, 3.05) is 5.32 Å². The van der Waals surface area contributed by atoms with Gasteiger partial charge in [0.05, 0.1) is 5.69 Å². The topological polar surface area (TPSA) is 99.2 Å². The van der Waals surface area contributed by atoms with Crippen molar-refractivity contribution in [2.24, 2.45) is 0 Å². The van der Waals surface area contributed by atoms with Crippen LogP contribution in [-0.2, 0) is 11.4 Å². The minimum Gasteiger partial charge on any atom is -0.489 e. The molecule has 6 rings (SSSR count). The quantitative estimate of drug-likeness (QED) is 0.422. The summed E-state index contributed by atoms with van der Waals surface area (Å²) in [5, 5.41) is 20.5. The van der Waals surface area contributed by atoms with E-state index in [4.69, 9.17) is 9.84 Å². The fraction of sp³-hybridized carbons (Fsp3) is 0.192. The van der Waals surface area contributed by atoms with E-state index in [0.717, 1.165) is 28.1 Å². The van der Waals surface area contributed by atoms with Crippen LogP contribution >= 0.6 is 0 Å². The van der Waals surface area contributed by atoms with Crippen LogP contribution < -0.4 is 10.1 Å². The lowest BCUT2D eigenvalue weighted by molar-refractivity contribution is -0.116. The molecule has 0 bridgehead atoms. The second kappa shape index (κ2) is 8.35. The maximum absolute atomic E-state index is 12.7. The summed E-state index contributed by atoms with van der Waals surface area (Å²) in [5.74, 6) is 2.51. The van der Waals surface area contributed by atoms with Crippen molar-refractivity contribution in [3.05, 3.63) is 94.9 Å². The van der Waals surface area contributed by atoms with Crippen LogP contribution in [0, 0.1) is 13.8 Å². The average Bonchev–Trinajstić information content (AvgIpc) is 3.42. The van der Waals surface area contributed by atoms with Gasteiger partial charge in [-0.05, 0) is 49.2 Å².